The monoisotopic (exact) mass is 538 g/mol. The Kier molecular flexibility index (Phi) is 9.28. The molecule has 2 N–H and O–H groups in total. The van der Waals surface area contributed by atoms with Gasteiger partial charge in [-0.2, -0.15) is 0 Å². The van der Waals surface area contributed by atoms with Gasteiger partial charge in [-0.1, -0.05) is 0 Å². The zero-order chi connectivity index (χ0) is 26.5. The molecule has 2 aromatic carbocycles. The predicted molar refractivity (Wildman–Crippen MR) is 135 cm³/mol. The first-order valence-electron chi connectivity index (χ1n) is 12.2. The number of nitrogens with zero attached hydrogens (tertiary/aromatic N) is 2. The fourth-order valence-electron chi connectivity index (χ4n) is 5.00. The lowest BCUT2D eigenvalue weighted by Gasteiger charge is -2.38. The van der Waals surface area contributed by atoms with Gasteiger partial charge in [-0.3, -0.25) is 4.98 Å². The summed E-state index contributed by atoms with van der Waals surface area (Å²) >= 11 is 0.807. The van der Waals surface area contributed by atoms with Crippen molar-refractivity contribution < 1.29 is 32.5 Å². The molecule has 2 heterocycles. The maximum atomic E-state index is 13.9. The molecule has 0 amide bonds. The summed E-state index contributed by atoms with van der Waals surface area (Å²) in [5.74, 6) is -4.65. The molecule has 1 aliphatic rings. The number of fused-ring (bicyclic) bond motifs is 1. The summed E-state index contributed by atoms with van der Waals surface area (Å²) in [7, 11) is 1.59. The number of hydrogen-bond donors (Lipinski definition) is 2. The molecule has 200 valence electrons. The van der Waals surface area contributed by atoms with Crippen molar-refractivity contribution in [1.29, 1.82) is 0 Å². The van der Waals surface area contributed by atoms with Crippen molar-refractivity contribution in [2.24, 2.45) is 11.8 Å². The van der Waals surface area contributed by atoms with E-state index in [-0.39, 0.29) is 18.4 Å². The third-order valence-corrected chi connectivity index (χ3v) is 8.14. The molecule has 3 aromatic rings. The van der Waals surface area contributed by atoms with Crippen LogP contribution in [-0.4, -0.2) is 59.2 Å². The first kappa shape index (κ1) is 27.6. The van der Waals surface area contributed by atoms with Crippen LogP contribution >= 0.6 is 11.8 Å². The Morgan fingerprint density at radius 3 is 2.68 bits per heavy atom. The van der Waals surface area contributed by atoms with E-state index >= 15 is 0 Å². The van der Waals surface area contributed by atoms with Crippen molar-refractivity contribution in [3.05, 3.63) is 65.4 Å². The van der Waals surface area contributed by atoms with Crippen LogP contribution in [0.4, 0.5) is 17.6 Å². The molecular weight excluding hydrogens is 508 g/mol. The third-order valence-electron chi connectivity index (χ3n) is 7.09. The van der Waals surface area contributed by atoms with Crippen LogP contribution in [0.5, 0.6) is 5.75 Å². The van der Waals surface area contributed by atoms with Crippen LogP contribution in [0, 0.1) is 35.1 Å². The Morgan fingerprint density at radius 2 is 1.92 bits per heavy atom. The molecule has 0 radical (unpaired) electrons. The lowest BCUT2D eigenvalue weighted by molar-refractivity contribution is 0.0608. The van der Waals surface area contributed by atoms with Gasteiger partial charge in [-0.15, -0.1) is 11.8 Å². The van der Waals surface area contributed by atoms with Crippen LogP contribution in [-0.2, 0) is 0 Å². The van der Waals surface area contributed by atoms with Gasteiger partial charge in [-0.25, -0.2) is 17.6 Å². The van der Waals surface area contributed by atoms with Crippen molar-refractivity contribution >= 4 is 22.7 Å². The summed E-state index contributed by atoms with van der Waals surface area (Å²) in [6.45, 7) is 1.82. The fourth-order valence-corrected chi connectivity index (χ4v) is 5.96. The van der Waals surface area contributed by atoms with Crippen LogP contribution in [0.15, 0.2) is 41.4 Å². The number of likely N-dealkylation sites (tertiary alicyclic amines) is 1. The molecule has 4 rings (SSSR count). The van der Waals surface area contributed by atoms with Gasteiger partial charge in [0.2, 0.25) is 0 Å². The van der Waals surface area contributed by atoms with Crippen LogP contribution in [0.2, 0.25) is 0 Å². The van der Waals surface area contributed by atoms with Gasteiger partial charge in [0.25, 0.3) is 0 Å². The number of thioether (sulfide) groups is 1. The molecule has 37 heavy (non-hydrogen) atoms. The minimum Gasteiger partial charge on any atom is -0.497 e. The summed E-state index contributed by atoms with van der Waals surface area (Å²) in [6, 6.07) is 7.72. The second kappa shape index (κ2) is 12.4. The highest BCUT2D eigenvalue weighted by molar-refractivity contribution is 7.99. The van der Waals surface area contributed by atoms with E-state index in [4.69, 9.17) is 4.74 Å². The molecule has 1 aromatic heterocycles. The topological polar surface area (TPSA) is 65.8 Å². The molecule has 1 aliphatic heterocycles. The number of benzene rings is 2. The summed E-state index contributed by atoms with van der Waals surface area (Å²) in [4.78, 5) is 5.93. The number of aliphatic hydroxyl groups excluding tert-OH is 2. The van der Waals surface area contributed by atoms with Gasteiger partial charge in [0.15, 0.2) is 17.5 Å². The highest BCUT2D eigenvalue weighted by Gasteiger charge is 2.29. The highest BCUT2D eigenvalue weighted by Crippen LogP contribution is 2.34. The molecule has 1 saturated heterocycles. The normalized spacial score (nSPS) is 19.3. The van der Waals surface area contributed by atoms with E-state index in [0.717, 1.165) is 47.6 Å². The summed E-state index contributed by atoms with van der Waals surface area (Å²) in [6.07, 6.45) is 3.06. The maximum absolute atomic E-state index is 13.9. The SMILES string of the molecule is COc1ccc2nccc([C@H](O)CC[C@@H]3CCN(CCSc4c(F)cc(F)c(F)c4F)C[C@@H]3CO)c2c1. The molecular formula is C27H30F4N2O3S. The number of methoxy groups -OCH3 is 1. The largest absolute Gasteiger partial charge is 0.497 e. The van der Waals surface area contributed by atoms with Crippen LogP contribution in [0.3, 0.4) is 0 Å². The number of rotatable bonds is 10. The highest BCUT2D eigenvalue weighted by atomic mass is 32.2. The second-order valence-electron chi connectivity index (χ2n) is 9.31. The van der Waals surface area contributed by atoms with Gasteiger partial charge >= 0.3 is 0 Å². The minimum atomic E-state index is -1.67. The number of halogens is 4. The van der Waals surface area contributed by atoms with E-state index in [9.17, 15) is 27.8 Å². The number of aromatic nitrogens is 1. The molecule has 5 nitrogen and oxygen atoms in total. The van der Waals surface area contributed by atoms with Crippen molar-refractivity contribution in [2.45, 2.75) is 30.3 Å². The Labute approximate surface area is 217 Å². The van der Waals surface area contributed by atoms with E-state index < -0.39 is 34.3 Å². The average Bonchev–Trinajstić information content (AvgIpc) is 2.91. The number of ether oxygens (including phenoxy) is 1. The van der Waals surface area contributed by atoms with Crippen LogP contribution in [0.1, 0.15) is 30.9 Å². The lowest BCUT2D eigenvalue weighted by atomic mass is 9.81. The Morgan fingerprint density at radius 1 is 1.11 bits per heavy atom. The second-order valence-corrected chi connectivity index (χ2v) is 10.4. The number of hydrogen-bond acceptors (Lipinski definition) is 6. The van der Waals surface area contributed by atoms with E-state index in [1.165, 1.54) is 0 Å². The molecule has 0 bridgehead atoms. The number of piperidine rings is 1. The van der Waals surface area contributed by atoms with Gasteiger partial charge in [0, 0.05) is 43.1 Å². The minimum absolute atomic E-state index is 0.00281. The Bertz CT molecular complexity index is 1230. The molecule has 1 fully saturated rings. The van der Waals surface area contributed by atoms with Gasteiger partial charge < -0.3 is 19.8 Å². The van der Waals surface area contributed by atoms with Crippen molar-refractivity contribution in [2.75, 3.05) is 39.1 Å². The first-order valence-corrected chi connectivity index (χ1v) is 13.2. The van der Waals surface area contributed by atoms with Crippen LogP contribution < -0.4 is 4.74 Å². The lowest BCUT2D eigenvalue weighted by Crippen LogP contribution is -2.43. The molecule has 0 unspecified atom stereocenters. The van der Waals surface area contributed by atoms with E-state index in [1.54, 1.807) is 13.3 Å². The summed E-state index contributed by atoms with van der Waals surface area (Å²) in [5.41, 5.74) is 1.57. The van der Waals surface area contributed by atoms with Gasteiger partial charge in [0.1, 0.15) is 11.6 Å². The number of pyridine rings is 1. The predicted octanol–water partition coefficient (Wildman–Crippen LogP) is 5.34. The molecule has 0 spiro atoms. The molecule has 0 saturated carbocycles. The summed E-state index contributed by atoms with van der Waals surface area (Å²) < 4.78 is 59.7. The molecule has 10 heteroatoms. The third kappa shape index (κ3) is 6.37. The summed E-state index contributed by atoms with van der Waals surface area (Å²) in [5, 5.41) is 21.8. The molecule has 0 aliphatic carbocycles. The first-order chi connectivity index (χ1) is 17.8. The maximum Gasteiger partial charge on any atom is 0.195 e. The zero-order valence-corrected chi connectivity index (χ0v) is 21.3. The molecule has 3 atom stereocenters. The average molecular weight is 539 g/mol. The number of aliphatic hydroxyl groups is 2. The standard InChI is InChI=1S/C27H30F4N2O3S/c1-36-18-3-4-23-20(12-18)19(6-8-32-23)24(35)5-2-16-7-9-33(14-17(16)15-34)10-11-37-27-22(29)13-21(28)25(30)26(27)31/h3-4,6,8,12-13,16-17,24,34-35H,2,5,7,9-11,14-15H2,1H3/t16-,17-,24-/m1/s1. The van der Waals surface area contributed by atoms with E-state index in [2.05, 4.69) is 9.88 Å². The van der Waals surface area contributed by atoms with Crippen LogP contribution in [0.25, 0.3) is 10.9 Å². The smallest absolute Gasteiger partial charge is 0.195 e. The van der Waals surface area contributed by atoms with E-state index in [1.807, 2.05) is 24.3 Å². The van der Waals surface area contributed by atoms with E-state index in [0.29, 0.717) is 37.1 Å². The zero-order valence-electron chi connectivity index (χ0n) is 20.5. The van der Waals surface area contributed by atoms with Gasteiger partial charge in [-0.05, 0) is 67.5 Å². The Hall–Kier alpha value is -2.40. The van der Waals surface area contributed by atoms with Gasteiger partial charge in [0.05, 0.1) is 23.6 Å². The van der Waals surface area contributed by atoms with Crippen molar-refractivity contribution in [3.63, 3.8) is 0 Å². The Balaban J connectivity index is 1.31. The quantitative estimate of drug-likeness (QED) is 0.157. The van der Waals surface area contributed by atoms with Crippen molar-refractivity contribution in [1.82, 2.24) is 9.88 Å². The van der Waals surface area contributed by atoms with Crippen molar-refractivity contribution in [3.8, 4) is 5.75 Å². The fraction of sp³-hybridized carbons (Fsp3) is 0.444.